The zero-order chi connectivity index (χ0) is 11.8. The third-order valence-corrected chi connectivity index (χ3v) is 2.03. The van der Waals surface area contributed by atoms with E-state index in [4.69, 9.17) is 9.94 Å². The van der Waals surface area contributed by atoms with E-state index >= 15 is 0 Å². The highest BCUT2D eigenvalue weighted by atomic mass is 16.5. The second kappa shape index (κ2) is 6.79. The van der Waals surface area contributed by atoms with E-state index in [1.165, 1.54) is 0 Å². The molecule has 1 amide bonds. The van der Waals surface area contributed by atoms with Crippen LogP contribution in [0.1, 0.15) is 25.3 Å². The van der Waals surface area contributed by atoms with Crippen LogP contribution in [0.3, 0.4) is 0 Å². The Kier molecular flexibility index (Phi) is 5.28. The smallest absolute Gasteiger partial charge is 0.247 e. The minimum atomic E-state index is -0.457. The fourth-order valence-corrected chi connectivity index (χ4v) is 1.15. The minimum absolute atomic E-state index is 0.110. The summed E-state index contributed by atoms with van der Waals surface area (Å²) in [6, 6.07) is 3.47. The summed E-state index contributed by atoms with van der Waals surface area (Å²) in [6.45, 7) is 2.74. The number of hydroxylamine groups is 1. The lowest BCUT2D eigenvalue weighted by Crippen LogP contribution is -2.20. The van der Waals surface area contributed by atoms with E-state index in [1.54, 1.807) is 23.8 Å². The third-order valence-electron chi connectivity index (χ3n) is 2.03. The highest BCUT2D eigenvalue weighted by molar-refractivity contribution is 5.77. The van der Waals surface area contributed by atoms with Gasteiger partial charge in [0.05, 0.1) is 13.0 Å². The summed E-state index contributed by atoms with van der Waals surface area (Å²) in [6.07, 6.45) is 3.75. The van der Waals surface area contributed by atoms with Crippen molar-refractivity contribution < 1.29 is 14.7 Å². The Bertz CT molecular complexity index is 325. The number of pyridine rings is 1. The van der Waals surface area contributed by atoms with Crippen LogP contribution in [-0.2, 0) is 11.2 Å². The van der Waals surface area contributed by atoms with Gasteiger partial charge in [-0.3, -0.25) is 10.0 Å². The van der Waals surface area contributed by atoms with Gasteiger partial charge in [0, 0.05) is 12.3 Å². The summed E-state index contributed by atoms with van der Waals surface area (Å²) < 4.78 is 5.37. The van der Waals surface area contributed by atoms with Gasteiger partial charge >= 0.3 is 0 Å². The van der Waals surface area contributed by atoms with Crippen LogP contribution in [0.2, 0.25) is 0 Å². The molecular formula is C11H16N2O3. The van der Waals surface area contributed by atoms with Crippen molar-refractivity contribution in [1.29, 1.82) is 0 Å². The Hall–Kier alpha value is -1.62. The quantitative estimate of drug-likeness (QED) is 0.434. The second-order valence-corrected chi connectivity index (χ2v) is 3.42. The summed E-state index contributed by atoms with van der Waals surface area (Å²) in [5, 5.41) is 8.35. The molecule has 0 saturated heterocycles. The molecule has 88 valence electrons. The molecule has 1 aromatic heterocycles. The van der Waals surface area contributed by atoms with E-state index in [2.05, 4.69) is 11.9 Å². The first-order valence-corrected chi connectivity index (χ1v) is 5.27. The Morgan fingerprint density at radius 3 is 2.94 bits per heavy atom. The zero-order valence-corrected chi connectivity index (χ0v) is 9.27. The van der Waals surface area contributed by atoms with E-state index in [1.807, 2.05) is 0 Å². The van der Waals surface area contributed by atoms with Gasteiger partial charge in [-0.15, -0.1) is 0 Å². The number of unbranched alkanes of at least 4 members (excludes halogenated alkanes) is 1. The van der Waals surface area contributed by atoms with Crippen LogP contribution >= 0.6 is 0 Å². The number of aromatic nitrogens is 1. The maximum absolute atomic E-state index is 10.9. The predicted octanol–water partition coefficient (Wildman–Crippen LogP) is 1.31. The zero-order valence-electron chi connectivity index (χ0n) is 9.27. The van der Waals surface area contributed by atoms with E-state index in [-0.39, 0.29) is 6.42 Å². The average Bonchev–Trinajstić information content (AvgIpc) is 2.31. The molecule has 0 aliphatic rings. The van der Waals surface area contributed by atoms with Gasteiger partial charge in [-0.05, 0) is 12.0 Å². The molecule has 0 fully saturated rings. The first-order chi connectivity index (χ1) is 7.76. The summed E-state index contributed by atoms with van der Waals surface area (Å²) in [7, 11) is 0. The summed E-state index contributed by atoms with van der Waals surface area (Å²) in [5.74, 6) is 0.100. The molecule has 1 aromatic rings. The van der Waals surface area contributed by atoms with Crippen molar-refractivity contribution in [3.8, 4) is 5.88 Å². The Labute approximate surface area is 94.4 Å². The molecule has 2 N–H and O–H groups in total. The Balaban J connectivity index is 2.44. The van der Waals surface area contributed by atoms with Gasteiger partial charge in [0.25, 0.3) is 0 Å². The first-order valence-electron chi connectivity index (χ1n) is 5.27. The monoisotopic (exact) mass is 224 g/mol. The largest absolute Gasteiger partial charge is 0.478 e. The van der Waals surface area contributed by atoms with Crippen LogP contribution in [-0.4, -0.2) is 22.7 Å². The summed E-state index contributed by atoms with van der Waals surface area (Å²) in [4.78, 5) is 14.9. The number of ether oxygens (including phenoxy) is 1. The lowest BCUT2D eigenvalue weighted by molar-refractivity contribution is -0.128. The van der Waals surface area contributed by atoms with Crippen LogP contribution in [0.5, 0.6) is 5.88 Å². The van der Waals surface area contributed by atoms with E-state index in [0.717, 1.165) is 18.4 Å². The van der Waals surface area contributed by atoms with Gasteiger partial charge in [-0.1, -0.05) is 19.4 Å². The molecule has 0 spiro atoms. The maximum atomic E-state index is 10.9. The van der Waals surface area contributed by atoms with Gasteiger partial charge in [-0.2, -0.15) is 0 Å². The predicted molar refractivity (Wildman–Crippen MR) is 58.3 cm³/mol. The Morgan fingerprint density at radius 1 is 1.56 bits per heavy atom. The number of amides is 1. The van der Waals surface area contributed by atoms with Crippen LogP contribution in [0.25, 0.3) is 0 Å². The number of carbonyl (C=O) groups is 1. The molecule has 1 heterocycles. The van der Waals surface area contributed by atoms with E-state index < -0.39 is 5.91 Å². The van der Waals surface area contributed by atoms with Crippen molar-refractivity contribution in [2.75, 3.05) is 6.61 Å². The van der Waals surface area contributed by atoms with Crippen LogP contribution in [0, 0.1) is 0 Å². The van der Waals surface area contributed by atoms with E-state index in [0.29, 0.717) is 12.5 Å². The third kappa shape index (κ3) is 4.27. The first kappa shape index (κ1) is 12.4. The minimum Gasteiger partial charge on any atom is -0.478 e. The molecule has 1 rings (SSSR count). The number of rotatable bonds is 6. The molecule has 5 heteroatoms. The highest BCUT2D eigenvalue weighted by Gasteiger charge is 2.02. The Morgan fingerprint density at radius 2 is 2.38 bits per heavy atom. The normalized spacial score (nSPS) is 9.88. The average molecular weight is 224 g/mol. The van der Waals surface area contributed by atoms with Crippen LogP contribution in [0.15, 0.2) is 18.3 Å². The van der Waals surface area contributed by atoms with Crippen molar-refractivity contribution >= 4 is 5.91 Å². The van der Waals surface area contributed by atoms with Crippen LogP contribution in [0.4, 0.5) is 0 Å². The summed E-state index contributed by atoms with van der Waals surface area (Å²) in [5.41, 5.74) is 2.30. The molecule has 5 nitrogen and oxygen atoms in total. The van der Waals surface area contributed by atoms with Gasteiger partial charge < -0.3 is 4.74 Å². The number of hydrogen-bond donors (Lipinski definition) is 2. The lowest BCUT2D eigenvalue weighted by atomic mass is 10.2. The molecule has 0 radical (unpaired) electrons. The van der Waals surface area contributed by atoms with Crippen molar-refractivity contribution in [2.45, 2.75) is 26.2 Å². The van der Waals surface area contributed by atoms with Crippen molar-refractivity contribution in [1.82, 2.24) is 10.5 Å². The molecular weight excluding hydrogens is 208 g/mol. The summed E-state index contributed by atoms with van der Waals surface area (Å²) >= 11 is 0. The molecule has 0 aliphatic heterocycles. The highest BCUT2D eigenvalue weighted by Crippen LogP contribution is 2.08. The number of carbonyl (C=O) groups excluding carboxylic acids is 1. The molecule has 0 bridgehead atoms. The number of hydrogen-bond acceptors (Lipinski definition) is 4. The second-order valence-electron chi connectivity index (χ2n) is 3.42. The van der Waals surface area contributed by atoms with Gasteiger partial charge in [0.2, 0.25) is 11.8 Å². The van der Waals surface area contributed by atoms with Gasteiger partial charge in [0.1, 0.15) is 0 Å². The topological polar surface area (TPSA) is 71.5 Å². The lowest BCUT2D eigenvalue weighted by Gasteiger charge is -2.04. The van der Waals surface area contributed by atoms with Crippen molar-refractivity contribution in [3.63, 3.8) is 0 Å². The van der Waals surface area contributed by atoms with Crippen LogP contribution < -0.4 is 10.2 Å². The van der Waals surface area contributed by atoms with E-state index in [9.17, 15) is 4.79 Å². The maximum Gasteiger partial charge on any atom is 0.247 e. The molecule has 0 aromatic carbocycles. The molecule has 0 saturated carbocycles. The van der Waals surface area contributed by atoms with Gasteiger partial charge in [0.15, 0.2) is 0 Å². The molecule has 16 heavy (non-hydrogen) atoms. The molecule has 0 atom stereocenters. The fourth-order valence-electron chi connectivity index (χ4n) is 1.15. The SMILES string of the molecule is CCCCOc1ccc(CC(=O)NO)cn1. The molecule has 0 unspecified atom stereocenters. The van der Waals surface area contributed by atoms with Gasteiger partial charge in [-0.25, -0.2) is 10.5 Å². The fraction of sp³-hybridized carbons (Fsp3) is 0.455. The molecule has 0 aliphatic carbocycles. The standard InChI is InChI=1S/C11H16N2O3/c1-2-3-6-16-11-5-4-9(8-12-11)7-10(14)13-15/h4-5,8,15H,2-3,6-7H2,1H3,(H,13,14). The number of nitrogens with zero attached hydrogens (tertiary/aromatic N) is 1. The number of nitrogens with one attached hydrogen (secondary N) is 1. The van der Waals surface area contributed by atoms with Crippen molar-refractivity contribution in [2.24, 2.45) is 0 Å². The van der Waals surface area contributed by atoms with Crippen molar-refractivity contribution in [3.05, 3.63) is 23.9 Å².